The van der Waals surface area contributed by atoms with Gasteiger partial charge in [0.25, 0.3) is 0 Å². The molecular formula is C25H32F3N5OS. The highest BCUT2D eigenvalue weighted by atomic mass is 32.1. The zero-order chi connectivity index (χ0) is 26.2. The number of aryl methyl sites for hydroxylation is 1. The summed E-state index contributed by atoms with van der Waals surface area (Å²) in [7, 11) is 0. The van der Waals surface area contributed by atoms with E-state index in [9.17, 15) is 18.4 Å². The van der Waals surface area contributed by atoms with Gasteiger partial charge in [-0.05, 0) is 62.8 Å². The first-order valence-electron chi connectivity index (χ1n) is 11.2. The quantitative estimate of drug-likeness (QED) is 0.114. The van der Waals surface area contributed by atoms with Crippen LogP contribution >= 0.6 is 11.3 Å². The summed E-state index contributed by atoms with van der Waals surface area (Å²) in [4.78, 5) is 12.8. The molecule has 0 atom stereocenters. The highest BCUT2D eigenvalue weighted by Gasteiger charge is 2.32. The third kappa shape index (κ3) is 9.28. The first kappa shape index (κ1) is 28.2. The number of anilines is 1. The van der Waals surface area contributed by atoms with Gasteiger partial charge in [0, 0.05) is 23.5 Å². The van der Waals surface area contributed by atoms with Gasteiger partial charge in [-0.3, -0.25) is 0 Å². The highest BCUT2D eigenvalue weighted by Crippen LogP contribution is 2.28. The van der Waals surface area contributed by atoms with Crippen LogP contribution in [0.25, 0.3) is 5.57 Å². The zero-order valence-electron chi connectivity index (χ0n) is 20.7. The second-order valence-corrected chi connectivity index (χ2v) is 10.4. The van der Waals surface area contributed by atoms with Crippen molar-refractivity contribution in [1.29, 1.82) is 0 Å². The molecule has 0 saturated carbocycles. The molecule has 0 amide bonds. The van der Waals surface area contributed by atoms with E-state index in [0.717, 1.165) is 64.7 Å². The molecule has 0 aliphatic rings. The minimum Gasteiger partial charge on any atom is -0.411 e. The lowest BCUT2D eigenvalue weighted by Crippen LogP contribution is -2.20. The number of thiazole rings is 1. The van der Waals surface area contributed by atoms with Gasteiger partial charge in [-0.15, -0.1) is 11.3 Å². The van der Waals surface area contributed by atoms with E-state index in [1.807, 2.05) is 33.8 Å². The Labute approximate surface area is 208 Å². The molecule has 0 radical (unpaired) electrons. The van der Waals surface area contributed by atoms with Crippen molar-refractivity contribution in [3.05, 3.63) is 64.0 Å². The summed E-state index contributed by atoms with van der Waals surface area (Å²) in [6.45, 7) is 13.8. The van der Waals surface area contributed by atoms with E-state index in [1.54, 1.807) is 30.5 Å². The highest BCUT2D eigenvalue weighted by molar-refractivity contribution is 7.12. The van der Waals surface area contributed by atoms with Crippen molar-refractivity contribution in [3.8, 4) is 0 Å². The molecule has 0 bridgehead atoms. The molecule has 2 N–H and O–H groups in total. The van der Waals surface area contributed by atoms with E-state index in [4.69, 9.17) is 0 Å². The van der Waals surface area contributed by atoms with Crippen LogP contribution in [0.4, 0.5) is 19.1 Å². The van der Waals surface area contributed by atoms with Gasteiger partial charge in [0.2, 0.25) is 5.95 Å². The largest absolute Gasteiger partial charge is 0.433 e. The predicted octanol–water partition coefficient (Wildman–Crippen LogP) is 7.52. The van der Waals surface area contributed by atoms with Crippen LogP contribution in [0.2, 0.25) is 0 Å². The Balaban J connectivity index is 1.93. The maximum absolute atomic E-state index is 12.8. The van der Waals surface area contributed by atoms with Crippen molar-refractivity contribution in [2.75, 3.05) is 5.32 Å². The van der Waals surface area contributed by atoms with Gasteiger partial charge in [-0.2, -0.15) is 13.2 Å². The molecule has 0 unspecified atom stereocenters. The third-order valence-electron chi connectivity index (χ3n) is 5.01. The van der Waals surface area contributed by atoms with E-state index >= 15 is 0 Å². The summed E-state index contributed by atoms with van der Waals surface area (Å²) in [5.41, 5.74) is 1.90. The van der Waals surface area contributed by atoms with Crippen molar-refractivity contribution >= 4 is 28.6 Å². The number of rotatable bonds is 10. The fourth-order valence-electron chi connectivity index (χ4n) is 3.24. The number of hydrogen-bond acceptors (Lipinski definition) is 7. The number of oxime groups is 1. The van der Waals surface area contributed by atoms with Gasteiger partial charge in [-0.25, -0.2) is 15.0 Å². The molecule has 2 rings (SSSR count). The van der Waals surface area contributed by atoms with Crippen molar-refractivity contribution < 1.29 is 18.4 Å². The van der Waals surface area contributed by atoms with Crippen molar-refractivity contribution in [2.45, 2.75) is 66.5 Å². The second kappa shape index (κ2) is 12.1. The molecule has 0 aliphatic heterocycles. The number of aromatic nitrogens is 3. The Morgan fingerprint density at radius 2 is 1.89 bits per heavy atom. The van der Waals surface area contributed by atoms with Gasteiger partial charge in [0.05, 0.1) is 15.6 Å². The average Bonchev–Trinajstić information content (AvgIpc) is 3.21. The monoisotopic (exact) mass is 507 g/mol. The van der Waals surface area contributed by atoms with Crippen LogP contribution in [0.3, 0.4) is 0 Å². The number of nitrogens with zero attached hydrogens (tertiary/aromatic N) is 4. The Kier molecular flexibility index (Phi) is 9.76. The topological polar surface area (TPSA) is 83.3 Å². The molecule has 0 aliphatic carbocycles. The van der Waals surface area contributed by atoms with Crippen LogP contribution in [0.1, 0.15) is 69.5 Å². The molecule has 6 nitrogen and oxygen atoms in total. The van der Waals surface area contributed by atoms with Gasteiger partial charge >= 0.3 is 6.18 Å². The summed E-state index contributed by atoms with van der Waals surface area (Å²) in [5, 5.41) is 16.4. The van der Waals surface area contributed by atoms with Gasteiger partial charge < -0.3 is 10.5 Å². The van der Waals surface area contributed by atoms with Crippen LogP contribution < -0.4 is 5.32 Å². The normalized spacial score (nSPS) is 13.8. The smallest absolute Gasteiger partial charge is 0.411 e. The van der Waals surface area contributed by atoms with Gasteiger partial charge in [0.1, 0.15) is 5.69 Å². The number of allylic oxidation sites excluding steroid dienone is 5. The van der Waals surface area contributed by atoms with Crippen LogP contribution in [-0.2, 0) is 12.6 Å². The fourth-order valence-corrected chi connectivity index (χ4v) is 4.14. The minimum absolute atomic E-state index is 0.118. The summed E-state index contributed by atoms with van der Waals surface area (Å²) in [5.74, 6) is -0.118. The molecule has 0 saturated heterocycles. The number of alkyl halides is 3. The molecule has 2 heterocycles. The molecule has 190 valence electrons. The Morgan fingerprint density at radius 1 is 1.17 bits per heavy atom. The molecular weight excluding hydrogens is 475 g/mol. The number of halogens is 3. The van der Waals surface area contributed by atoms with E-state index in [1.165, 1.54) is 0 Å². The van der Waals surface area contributed by atoms with E-state index < -0.39 is 11.9 Å². The van der Waals surface area contributed by atoms with E-state index in [-0.39, 0.29) is 11.4 Å². The molecule has 35 heavy (non-hydrogen) atoms. The van der Waals surface area contributed by atoms with Crippen molar-refractivity contribution in [1.82, 2.24) is 15.0 Å². The Morgan fingerprint density at radius 3 is 2.51 bits per heavy atom. The maximum Gasteiger partial charge on any atom is 0.433 e. The van der Waals surface area contributed by atoms with Gasteiger partial charge in [0.15, 0.2) is 0 Å². The van der Waals surface area contributed by atoms with Crippen LogP contribution in [0.15, 0.2) is 53.6 Å². The molecule has 2 aromatic heterocycles. The Hall–Kier alpha value is -3.01. The summed E-state index contributed by atoms with van der Waals surface area (Å²) in [6.07, 6.45) is 5.46. The predicted molar refractivity (Wildman–Crippen MR) is 136 cm³/mol. The zero-order valence-corrected chi connectivity index (χ0v) is 21.5. The number of unbranched alkanes of at least 4 members (excludes halogenated alkanes) is 1. The SMILES string of the molecule is C=C(/C=C(C)\C=C(/C)Nc1nccc(C(F)(F)F)n1)c1cnc(CCCC/C(=N\O)C(C)(C)C)s1. The number of nitrogens with one attached hydrogen (secondary N) is 1. The van der Waals surface area contributed by atoms with E-state index in [0.29, 0.717) is 5.70 Å². The molecule has 0 spiro atoms. The third-order valence-corrected chi connectivity index (χ3v) is 6.14. The van der Waals surface area contributed by atoms with Gasteiger partial charge in [-0.1, -0.05) is 38.6 Å². The van der Waals surface area contributed by atoms with Crippen LogP contribution in [0, 0.1) is 5.41 Å². The van der Waals surface area contributed by atoms with Crippen molar-refractivity contribution in [3.63, 3.8) is 0 Å². The average molecular weight is 508 g/mol. The Bertz CT molecular complexity index is 1110. The minimum atomic E-state index is -4.53. The lowest BCUT2D eigenvalue weighted by molar-refractivity contribution is -0.141. The molecule has 10 heteroatoms. The van der Waals surface area contributed by atoms with E-state index in [2.05, 4.69) is 32.0 Å². The molecule has 0 aromatic carbocycles. The molecule has 2 aromatic rings. The number of hydrogen-bond donors (Lipinski definition) is 2. The summed E-state index contributed by atoms with van der Waals surface area (Å²) < 4.78 is 38.5. The lowest BCUT2D eigenvalue weighted by Gasteiger charge is -2.19. The van der Waals surface area contributed by atoms with Crippen molar-refractivity contribution in [2.24, 2.45) is 10.6 Å². The summed E-state index contributed by atoms with van der Waals surface area (Å²) >= 11 is 1.58. The summed E-state index contributed by atoms with van der Waals surface area (Å²) in [6, 6.07) is 0.829. The van der Waals surface area contributed by atoms with Crippen LogP contribution in [0.5, 0.6) is 0 Å². The standard InChI is InChI=1S/C25H32F3N5OS/c1-16(14-18(3)31-23-29-12-11-21(32-23)25(26,27)28)13-17(2)19-15-30-22(35-19)10-8-7-9-20(33-34)24(4,5)6/h11-15,34H,2,7-10H2,1,3-6H3,(H,29,31,32)/b16-13-,18-14+,33-20+. The first-order valence-corrected chi connectivity index (χ1v) is 12.0. The molecule has 0 fully saturated rings. The lowest BCUT2D eigenvalue weighted by atomic mass is 9.87. The second-order valence-electron chi connectivity index (χ2n) is 9.25. The van der Waals surface area contributed by atoms with Crippen LogP contribution in [-0.4, -0.2) is 25.9 Å². The maximum atomic E-state index is 12.8. The first-order chi connectivity index (χ1) is 16.3. The fraction of sp³-hybridized carbons (Fsp3) is 0.440.